The summed E-state index contributed by atoms with van der Waals surface area (Å²) < 4.78 is 23.6. The highest BCUT2D eigenvalue weighted by molar-refractivity contribution is 14.1. The zero-order chi connectivity index (χ0) is 9.14. The first-order valence-corrected chi connectivity index (χ1v) is 4.34. The number of benzene rings is 1. The SMILES string of the molecule is COc1cc(I)cc(F)c1OC. The van der Waals surface area contributed by atoms with Crippen LogP contribution in [0, 0.1) is 9.39 Å². The normalized spacial score (nSPS) is 9.67. The Morgan fingerprint density at radius 1 is 1.25 bits per heavy atom. The molecular weight excluding hydrogens is 274 g/mol. The van der Waals surface area contributed by atoms with Crippen molar-refractivity contribution in [1.82, 2.24) is 0 Å². The van der Waals surface area contributed by atoms with Gasteiger partial charge < -0.3 is 9.47 Å². The molecule has 1 aromatic rings. The van der Waals surface area contributed by atoms with Gasteiger partial charge in [-0.1, -0.05) is 0 Å². The van der Waals surface area contributed by atoms with E-state index in [1.165, 1.54) is 20.3 Å². The second kappa shape index (κ2) is 3.93. The third-order valence-corrected chi connectivity index (χ3v) is 2.02. The number of methoxy groups -OCH3 is 2. The van der Waals surface area contributed by atoms with E-state index in [1.807, 2.05) is 22.6 Å². The third-order valence-electron chi connectivity index (χ3n) is 1.40. The van der Waals surface area contributed by atoms with E-state index in [0.29, 0.717) is 5.75 Å². The Hall–Kier alpha value is -0.520. The Morgan fingerprint density at radius 3 is 2.42 bits per heavy atom. The van der Waals surface area contributed by atoms with Crippen molar-refractivity contribution < 1.29 is 13.9 Å². The van der Waals surface area contributed by atoms with Crippen LogP contribution < -0.4 is 9.47 Å². The zero-order valence-electron chi connectivity index (χ0n) is 6.73. The second-order valence-electron chi connectivity index (χ2n) is 2.12. The quantitative estimate of drug-likeness (QED) is 0.776. The van der Waals surface area contributed by atoms with Gasteiger partial charge in [0.15, 0.2) is 17.3 Å². The number of hydrogen-bond acceptors (Lipinski definition) is 2. The molecule has 0 fully saturated rings. The first-order valence-electron chi connectivity index (χ1n) is 3.26. The monoisotopic (exact) mass is 282 g/mol. The van der Waals surface area contributed by atoms with E-state index in [2.05, 4.69) is 0 Å². The fourth-order valence-corrected chi connectivity index (χ4v) is 1.44. The molecule has 12 heavy (non-hydrogen) atoms. The highest BCUT2D eigenvalue weighted by Crippen LogP contribution is 2.31. The van der Waals surface area contributed by atoms with Gasteiger partial charge in [-0.25, -0.2) is 4.39 Å². The molecule has 0 aromatic heterocycles. The average molecular weight is 282 g/mol. The summed E-state index contributed by atoms with van der Waals surface area (Å²) in [5.74, 6) is 0.168. The topological polar surface area (TPSA) is 18.5 Å². The second-order valence-corrected chi connectivity index (χ2v) is 3.37. The van der Waals surface area contributed by atoms with E-state index in [9.17, 15) is 4.39 Å². The Morgan fingerprint density at radius 2 is 1.92 bits per heavy atom. The Kier molecular flexibility index (Phi) is 3.13. The first kappa shape index (κ1) is 9.57. The molecule has 0 saturated heterocycles. The van der Waals surface area contributed by atoms with Crippen LogP contribution in [0.1, 0.15) is 0 Å². The number of ether oxygens (including phenoxy) is 2. The van der Waals surface area contributed by atoms with Gasteiger partial charge in [-0.2, -0.15) is 0 Å². The number of hydrogen-bond donors (Lipinski definition) is 0. The van der Waals surface area contributed by atoms with E-state index in [1.54, 1.807) is 6.07 Å². The Bertz CT molecular complexity index is 289. The minimum atomic E-state index is -0.402. The van der Waals surface area contributed by atoms with Gasteiger partial charge in [0.1, 0.15) is 0 Å². The van der Waals surface area contributed by atoms with Crippen molar-refractivity contribution in [3.8, 4) is 11.5 Å². The van der Waals surface area contributed by atoms with Crippen molar-refractivity contribution >= 4 is 22.6 Å². The van der Waals surface area contributed by atoms with Crippen LogP contribution in [0.4, 0.5) is 4.39 Å². The van der Waals surface area contributed by atoms with Crippen LogP contribution in [0.5, 0.6) is 11.5 Å². The molecule has 0 aliphatic carbocycles. The van der Waals surface area contributed by atoms with Crippen LogP contribution in [-0.2, 0) is 0 Å². The summed E-state index contributed by atoms with van der Waals surface area (Å²) in [6, 6.07) is 3.10. The summed E-state index contributed by atoms with van der Waals surface area (Å²) in [5, 5.41) is 0. The largest absolute Gasteiger partial charge is 0.493 e. The highest BCUT2D eigenvalue weighted by atomic mass is 127. The van der Waals surface area contributed by atoms with E-state index in [-0.39, 0.29) is 5.75 Å². The van der Waals surface area contributed by atoms with Gasteiger partial charge in [-0.3, -0.25) is 0 Å². The molecule has 1 aromatic carbocycles. The molecule has 0 aliphatic heterocycles. The lowest BCUT2D eigenvalue weighted by molar-refractivity contribution is 0.337. The van der Waals surface area contributed by atoms with E-state index in [4.69, 9.17) is 9.47 Å². The van der Waals surface area contributed by atoms with Crippen LogP contribution in [0.2, 0.25) is 0 Å². The number of rotatable bonds is 2. The molecule has 0 heterocycles. The van der Waals surface area contributed by atoms with Gasteiger partial charge in [0.25, 0.3) is 0 Å². The predicted octanol–water partition coefficient (Wildman–Crippen LogP) is 2.45. The van der Waals surface area contributed by atoms with Crippen LogP contribution in [-0.4, -0.2) is 14.2 Å². The summed E-state index contributed by atoms with van der Waals surface area (Å²) in [6.07, 6.45) is 0. The summed E-state index contributed by atoms with van der Waals surface area (Å²) >= 11 is 2.01. The van der Waals surface area contributed by atoms with Crippen molar-refractivity contribution in [2.75, 3.05) is 14.2 Å². The highest BCUT2D eigenvalue weighted by Gasteiger charge is 2.10. The van der Waals surface area contributed by atoms with Gasteiger partial charge in [-0.15, -0.1) is 0 Å². The van der Waals surface area contributed by atoms with E-state index < -0.39 is 5.82 Å². The maximum atomic E-state index is 13.1. The van der Waals surface area contributed by atoms with Crippen molar-refractivity contribution in [3.05, 3.63) is 21.5 Å². The standard InChI is InChI=1S/C8H8FIO2/c1-11-7-4-5(10)3-6(9)8(7)12-2/h3-4H,1-2H3. The van der Waals surface area contributed by atoms with Gasteiger partial charge in [0.2, 0.25) is 0 Å². The number of halogens is 2. The molecule has 4 heteroatoms. The van der Waals surface area contributed by atoms with Crippen LogP contribution in [0.15, 0.2) is 12.1 Å². The predicted molar refractivity (Wildman–Crippen MR) is 52.2 cm³/mol. The molecule has 2 nitrogen and oxygen atoms in total. The minimum absolute atomic E-state index is 0.151. The molecule has 0 radical (unpaired) electrons. The smallest absolute Gasteiger partial charge is 0.196 e. The van der Waals surface area contributed by atoms with Crippen LogP contribution >= 0.6 is 22.6 Å². The molecule has 0 bridgehead atoms. The van der Waals surface area contributed by atoms with Crippen molar-refractivity contribution in [2.45, 2.75) is 0 Å². The summed E-state index contributed by atoms with van der Waals surface area (Å²) in [4.78, 5) is 0. The van der Waals surface area contributed by atoms with Gasteiger partial charge in [-0.05, 0) is 34.7 Å². The molecule has 0 N–H and O–H groups in total. The van der Waals surface area contributed by atoms with E-state index in [0.717, 1.165) is 3.57 Å². The van der Waals surface area contributed by atoms with Gasteiger partial charge in [0, 0.05) is 3.57 Å². The molecule has 0 atom stereocenters. The summed E-state index contributed by atoms with van der Waals surface area (Å²) in [5.41, 5.74) is 0. The molecule has 0 saturated carbocycles. The minimum Gasteiger partial charge on any atom is -0.493 e. The average Bonchev–Trinajstić information content (AvgIpc) is 2.03. The summed E-state index contributed by atoms with van der Waals surface area (Å²) in [7, 11) is 2.89. The maximum absolute atomic E-state index is 13.1. The fraction of sp³-hybridized carbons (Fsp3) is 0.250. The van der Waals surface area contributed by atoms with Gasteiger partial charge in [0.05, 0.1) is 14.2 Å². The lowest BCUT2D eigenvalue weighted by Gasteiger charge is -2.08. The molecule has 1 rings (SSSR count). The van der Waals surface area contributed by atoms with Crippen molar-refractivity contribution in [2.24, 2.45) is 0 Å². The van der Waals surface area contributed by atoms with Crippen LogP contribution in [0.3, 0.4) is 0 Å². The molecule has 0 spiro atoms. The van der Waals surface area contributed by atoms with Crippen molar-refractivity contribution in [3.63, 3.8) is 0 Å². The first-order chi connectivity index (χ1) is 5.69. The molecule has 0 unspecified atom stereocenters. The summed E-state index contributed by atoms with van der Waals surface area (Å²) in [6.45, 7) is 0. The van der Waals surface area contributed by atoms with E-state index >= 15 is 0 Å². The Labute approximate surface area is 83.8 Å². The lowest BCUT2D eigenvalue weighted by Crippen LogP contribution is -1.94. The maximum Gasteiger partial charge on any atom is 0.196 e. The van der Waals surface area contributed by atoms with Crippen molar-refractivity contribution in [1.29, 1.82) is 0 Å². The van der Waals surface area contributed by atoms with Crippen LogP contribution in [0.25, 0.3) is 0 Å². The third kappa shape index (κ3) is 1.80. The molecule has 66 valence electrons. The zero-order valence-corrected chi connectivity index (χ0v) is 8.88. The lowest BCUT2D eigenvalue weighted by atomic mass is 10.3. The molecule has 0 amide bonds. The van der Waals surface area contributed by atoms with Gasteiger partial charge >= 0.3 is 0 Å². The molecule has 0 aliphatic rings. The Balaban J connectivity index is 3.24. The molecular formula is C8H8FIO2. The fourth-order valence-electron chi connectivity index (χ4n) is 0.886.